The summed E-state index contributed by atoms with van der Waals surface area (Å²) >= 11 is 9.06. The fourth-order valence-electron chi connectivity index (χ4n) is 4.03. The van der Waals surface area contributed by atoms with Crippen LogP contribution in [-0.4, -0.2) is 28.6 Å². The molecule has 182 valence electrons. The van der Waals surface area contributed by atoms with Gasteiger partial charge in [0.1, 0.15) is 10.3 Å². The maximum absolute atomic E-state index is 13.3. The van der Waals surface area contributed by atoms with Crippen LogP contribution in [0, 0.1) is 6.92 Å². The molecular weight excluding hydrogens is 512 g/mol. The molecule has 0 saturated carbocycles. The minimum atomic E-state index is -0.448. The van der Waals surface area contributed by atoms with Gasteiger partial charge in [0.05, 0.1) is 0 Å². The number of nitrogens with one attached hydrogen (secondary N) is 1. The molecule has 9 heteroatoms. The zero-order valence-corrected chi connectivity index (χ0v) is 21.8. The van der Waals surface area contributed by atoms with E-state index in [1.165, 1.54) is 23.1 Å². The summed E-state index contributed by atoms with van der Waals surface area (Å²) in [7, 11) is 0. The number of carbonyl (C=O) groups excluding carboxylic acids is 2. The van der Waals surface area contributed by atoms with Crippen LogP contribution in [0.5, 0.6) is 0 Å². The Morgan fingerprint density at radius 2 is 1.81 bits per heavy atom. The van der Waals surface area contributed by atoms with Gasteiger partial charge < -0.3 is 4.90 Å². The number of anilines is 2. The third-order valence-corrected chi connectivity index (χ3v) is 8.62. The van der Waals surface area contributed by atoms with Gasteiger partial charge in [0.2, 0.25) is 16.9 Å². The number of hydrogen-bond acceptors (Lipinski definition) is 6. The van der Waals surface area contributed by atoms with Gasteiger partial charge in [0.15, 0.2) is 0 Å². The first-order valence-corrected chi connectivity index (χ1v) is 13.5. The number of amides is 2. The normalized spacial score (nSPS) is 16.2. The maximum atomic E-state index is 13.3. The molecule has 1 fully saturated rings. The van der Waals surface area contributed by atoms with Crippen molar-refractivity contribution in [2.45, 2.75) is 29.4 Å². The van der Waals surface area contributed by atoms with Gasteiger partial charge in [-0.3, -0.25) is 14.9 Å². The zero-order chi connectivity index (χ0) is 25.1. The third-order valence-electron chi connectivity index (χ3n) is 5.95. The molecule has 36 heavy (non-hydrogen) atoms. The van der Waals surface area contributed by atoms with Crippen LogP contribution in [0.15, 0.2) is 83.8 Å². The average molecular weight is 535 g/mol. The van der Waals surface area contributed by atoms with E-state index in [-0.39, 0.29) is 17.7 Å². The summed E-state index contributed by atoms with van der Waals surface area (Å²) in [6.45, 7) is 2.43. The summed E-state index contributed by atoms with van der Waals surface area (Å²) in [4.78, 5) is 28.8. The smallest absolute Gasteiger partial charge is 0.244 e. The molecule has 0 radical (unpaired) electrons. The van der Waals surface area contributed by atoms with Gasteiger partial charge in [0, 0.05) is 34.5 Å². The zero-order valence-electron chi connectivity index (χ0n) is 19.4. The Labute approximate surface area is 222 Å². The molecule has 2 unspecified atom stereocenters. The van der Waals surface area contributed by atoms with Crippen LogP contribution in [0.4, 0.5) is 10.8 Å². The number of aromatic nitrogens is 2. The summed E-state index contributed by atoms with van der Waals surface area (Å²) in [6, 6.07) is 25.1. The van der Waals surface area contributed by atoms with Crippen molar-refractivity contribution in [2.24, 2.45) is 0 Å². The van der Waals surface area contributed by atoms with Crippen molar-refractivity contribution < 1.29 is 9.59 Å². The fraction of sp³-hybridized carbons (Fsp3) is 0.185. The van der Waals surface area contributed by atoms with Crippen molar-refractivity contribution in [2.75, 3.05) is 16.8 Å². The first-order valence-electron chi connectivity index (χ1n) is 11.5. The van der Waals surface area contributed by atoms with Gasteiger partial charge >= 0.3 is 0 Å². The van der Waals surface area contributed by atoms with Gasteiger partial charge in [-0.25, -0.2) is 0 Å². The number of rotatable bonds is 7. The molecule has 2 amide bonds. The minimum Gasteiger partial charge on any atom is -0.312 e. The van der Waals surface area contributed by atoms with E-state index >= 15 is 0 Å². The van der Waals surface area contributed by atoms with Crippen molar-refractivity contribution in [1.82, 2.24) is 10.2 Å². The summed E-state index contributed by atoms with van der Waals surface area (Å²) in [6.07, 6.45) is 0.338. The molecular formula is C27H23ClN4O2S2. The van der Waals surface area contributed by atoms with Crippen molar-refractivity contribution in [1.29, 1.82) is 0 Å². The third kappa shape index (κ3) is 5.46. The predicted octanol–water partition coefficient (Wildman–Crippen LogP) is 6.49. The molecule has 1 saturated heterocycles. The lowest BCUT2D eigenvalue weighted by Crippen LogP contribution is -2.24. The van der Waals surface area contributed by atoms with E-state index in [0.29, 0.717) is 23.1 Å². The molecule has 2 heterocycles. The first kappa shape index (κ1) is 24.5. The molecule has 0 bridgehead atoms. The average Bonchev–Trinajstić information content (AvgIpc) is 3.52. The molecule has 1 aromatic heterocycles. The highest BCUT2D eigenvalue weighted by molar-refractivity contribution is 8.00. The second-order valence-electron chi connectivity index (χ2n) is 8.50. The number of aryl methyl sites for hydroxylation is 1. The number of thioether (sulfide) groups is 1. The molecule has 1 N–H and O–H groups in total. The van der Waals surface area contributed by atoms with Crippen LogP contribution in [0.25, 0.3) is 0 Å². The van der Waals surface area contributed by atoms with E-state index in [1.54, 1.807) is 4.90 Å². The lowest BCUT2D eigenvalue weighted by Gasteiger charge is -2.17. The van der Waals surface area contributed by atoms with Crippen LogP contribution >= 0.6 is 34.7 Å². The van der Waals surface area contributed by atoms with E-state index in [1.807, 2.05) is 85.8 Å². The van der Waals surface area contributed by atoms with E-state index in [0.717, 1.165) is 26.7 Å². The van der Waals surface area contributed by atoms with Crippen molar-refractivity contribution >= 4 is 57.3 Å². The molecule has 6 nitrogen and oxygen atoms in total. The number of hydrogen-bond donors (Lipinski definition) is 1. The standard InChI is InChI=1S/C27H23ClN4O2S2/c1-17-12-13-20(15-22(17)28)32-16-19(14-23(32)33)26-30-31-27(36-26)29-25(34)24(18-8-4-2-5-9-18)35-21-10-6-3-7-11-21/h2-13,15,19,24H,14,16H2,1H3,(H,29,31,34). The summed E-state index contributed by atoms with van der Waals surface area (Å²) in [5, 5.41) is 12.8. The Hall–Kier alpha value is -3.20. The summed E-state index contributed by atoms with van der Waals surface area (Å²) in [5.74, 6) is -0.246. The Morgan fingerprint density at radius 3 is 2.53 bits per heavy atom. The van der Waals surface area contributed by atoms with Crippen molar-refractivity contribution in [3.05, 3.63) is 100 Å². The highest BCUT2D eigenvalue weighted by Gasteiger charge is 2.34. The van der Waals surface area contributed by atoms with Crippen LogP contribution in [0.2, 0.25) is 5.02 Å². The molecule has 2 atom stereocenters. The molecule has 5 rings (SSSR count). The van der Waals surface area contributed by atoms with Gasteiger partial charge in [0.25, 0.3) is 0 Å². The van der Waals surface area contributed by atoms with E-state index in [4.69, 9.17) is 11.6 Å². The van der Waals surface area contributed by atoms with E-state index < -0.39 is 5.25 Å². The second kappa shape index (κ2) is 10.8. The minimum absolute atomic E-state index is 0.0177. The lowest BCUT2D eigenvalue weighted by molar-refractivity contribution is -0.117. The number of benzene rings is 3. The Bertz CT molecular complexity index is 1380. The highest BCUT2D eigenvalue weighted by Crippen LogP contribution is 2.38. The molecule has 1 aliphatic heterocycles. The number of nitrogens with zero attached hydrogens (tertiary/aromatic N) is 3. The molecule has 3 aromatic carbocycles. The fourth-order valence-corrected chi connectivity index (χ4v) is 6.09. The Kier molecular flexibility index (Phi) is 7.36. The maximum Gasteiger partial charge on any atom is 0.244 e. The van der Waals surface area contributed by atoms with Gasteiger partial charge in [-0.05, 0) is 42.3 Å². The molecule has 4 aromatic rings. The van der Waals surface area contributed by atoms with Crippen molar-refractivity contribution in [3.63, 3.8) is 0 Å². The second-order valence-corrected chi connectivity index (χ2v) is 11.1. The van der Waals surface area contributed by atoms with Crippen LogP contribution in [0.1, 0.15) is 33.7 Å². The summed E-state index contributed by atoms with van der Waals surface area (Å²) < 4.78 is 0. The Morgan fingerprint density at radius 1 is 1.08 bits per heavy atom. The topological polar surface area (TPSA) is 75.2 Å². The van der Waals surface area contributed by atoms with Crippen LogP contribution in [-0.2, 0) is 9.59 Å². The van der Waals surface area contributed by atoms with E-state index in [2.05, 4.69) is 15.5 Å². The lowest BCUT2D eigenvalue weighted by atomic mass is 10.1. The molecule has 0 aliphatic carbocycles. The quantitative estimate of drug-likeness (QED) is 0.274. The van der Waals surface area contributed by atoms with Gasteiger partial charge in [-0.1, -0.05) is 77.5 Å². The Balaban J connectivity index is 1.30. The van der Waals surface area contributed by atoms with Crippen LogP contribution in [0.3, 0.4) is 0 Å². The number of halogens is 1. The molecule has 1 aliphatic rings. The summed E-state index contributed by atoms with van der Waals surface area (Å²) in [5.41, 5.74) is 2.65. The largest absolute Gasteiger partial charge is 0.312 e. The highest BCUT2D eigenvalue weighted by atomic mass is 35.5. The van der Waals surface area contributed by atoms with Crippen molar-refractivity contribution in [3.8, 4) is 0 Å². The van der Waals surface area contributed by atoms with Gasteiger partial charge in [-0.2, -0.15) is 0 Å². The van der Waals surface area contributed by atoms with E-state index in [9.17, 15) is 9.59 Å². The first-order chi connectivity index (χ1) is 17.5. The predicted molar refractivity (Wildman–Crippen MR) is 146 cm³/mol. The number of carbonyl (C=O) groups is 2. The SMILES string of the molecule is Cc1ccc(N2CC(c3nnc(NC(=O)C(Sc4ccccc4)c4ccccc4)s3)CC2=O)cc1Cl. The van der Waals surface area contributed by atoms with Gasteiger partial charge in [-0.15, -0.1) is 22.0 Å². The monoisotopic (exact) mass is 534 g/mol. The van der Waals surface area contributed by atoms with Crippen LogP contribution < -0.4 is 10.2 Å². The molecule has 0 spiro atoms.